The molecule has 570 valence electrons. The predicted molar refractivity (Wildman–Crippen MR) is 386 cm³/mol. The molecule has 0 spiro atoms. The molecule has 0 radical (unpaired) electrons. The van der Waals surface area contributed by atoms with E-state index in [1.807, 2.05) is 0 Å². The maximum Gasteiger partial charge on any atom is 0.303 e. The van der Waals surface area contributed by atoms with Crippen LogP contribution in [0.5, 0.6) is 5.75 Å². The average Bonchev–Trinajstić information content (AvgIpc) is 1.81. The minimum Gasteiger partial charge on any atom is -0.508 e. The molecule has 3 aromatic carbocycles. The Balaban J connectivity index is 1.42. The highest BCUT2D eigenvalue weighted by Gasteiger charge is 2.39. The maximum absolute atomic E-state index is 15.9. The second-order valence-electron chi connectivity index (χ2n) is 25.3. The van der Waals surface area contributed by atoms with E-state index in [0.717, 1.165) is 21.6 Å². The average molecular weight is 1520 g/mol. The Labute approximate surface area is 615 Å². The molecular formula is C67H90ClFN18O16S2. The number of para-hydroxylation sites is 1. The molecule has 0 unspecified atom stereocenters. The van der Waals surface area contributed by atoms with E-state index in [2.05, 4.69) is 63.1 Å². The number of carboxylic acids is 1. The van der Waals surface area contributed by atoms with Gasteiger partial charge < -0.3 is 102 Å². The number of aromatic amines is 1. The fraction of sp³-hybridized carbons (Fsp3) is 0.478. The van der Waals surface area contributed by atoms with Gasteiger partial charge in [0.25, 0.3) is 0 Å². The van der Waals surface area contributed by atoms with Crippen LogP contribution in [-0.2, 0) is 86.4 Å². The van der Waals surface area contributed by atoms with Crippen molar-refractivity contribution < 1.29 is 81.7 Å². The minimum atomic E-state index is -1.78. The highest BCUT2D eigenvalue weighted by atomic mass is 35.5. The van der Waals surface area contributed by atoms with Crippen LogP contribution in [0.2, 0.25) is 5.02 Å². The van der Waals surface area contributed by atoms with Crippen molar-refractivity contribution in [1.82, 2.24) is 63.1 Å². The molecule has 38 heteroatoms. The molecular weight excluding hydrogens is 1430 g/mol. The van der Waals surface area contributed by atoms with Crippen LogP contribution in [0, 0.1) is 11.7 Å². The summed E-state index contributed by atoms with van der Waals surface area (Å²) in [5, 5.41) is 45.9. The van der Waals surface area contributed by atoms with Gasteiger partial charge in [0.1, 0.15) is 72.0 Å². The van der Waals surface area contributed by atoms with Gasteiger partial charge in [-0.25, -0.2) is 4.39 Å². The van der Waals surface area contributed by atoms with E-state index in [4.69, 9.17) is 40.3 Å². The molecule has 0 aliphatic carbocycles. The number of rotatable bonds is 24. The number of hydrogen-bond acceptors (Lipinski definition) is 19. The van der Waals surface area contributed by atoms with E-state index in [-0.39, 0.29) is 80.5 Å². The van der Waals surface area contributed by atoms with Gasteiger partial charge in [-0.05, 0) is 85.4 Å². The molecule has 2 aliphatic heterocycles. The summed E-state index contributed by atoms with van der Waals surface area (Å²) in [5.74, 6) is -16.9. The zero-order valence-corrected chi connectivity index (χ0v) is 60.1. The Morgan fingerprint density at radius 1 is 0.705 bits per heavy atom. The monoisotopic (exact) mass is 1520 g/mol. The van der Waals surface area contributed by atoms with Crippen molar-refractivity contribution in [2.45, 2.75) is 158 Å². The lowest BCUT2D eigenvalue weighted by Crippen LogP contribution is -2.61. The molecule has 10 atom stereocenters. The fourth-order valence-electron chi connectivity index (χ4n) is 11.4. The fourth-order valence-corrected chi connectivity index (χ4v) is 13.9. The van der Waals surface area contributed by atoms with E-state index < -0.39 is 211 Å². The number of carboxylic acid groups (broad SMARTS) is 1. The number of nitrogens with zero attached hydrogens (tertiary/aromatic N) is 2. The zero-order chi connectivity index (χ0) is 77.0. The van der Waals surface area contributed by atoms with E-state index in [0.29, 0.717) is 28.5 Å². The molecule has 34 nitrogen and oxygen atoms in total. The number of carbonyl (C=O) groups excluding carboxylic acids is 13. The normalized spacial score (nSPS) is 22.1. The molecule has 2 saturated heterocycles. The van der Waals surface area contributed by atoms with E-state index in [1.54, 1.807) is 30.5 Å². The Hall–Kier alpha value is -10.3. The molecule has 105 heavy (non-hydrogen) atoms. The third-order valence-corrected chi connectivity index (χ3v) is 19.7. The van der Waals surface area contributed by atoms with Crippen molar-refractivity contribution in [3.05, 3.63) is 100 Å². The molecule has 13 amide bonds. The molecule has 23 N–H and O–H groups in total. The first-order chi connectivity index (χ1) is 49.9. The van der Waals surface area contributed by atoms with Crippen LogP contribution in [0.4, 0.5) is 4.39 Å². The van der Waals surface area contributed by atoms with Gasteiger partial charge in [-0.3, -0.25) is 72.1 Å². The van der Waals surface area contributed by atoms with Gasteiger partial charge in [-0.2, -0.15) is 0 Å². The largest absolute Gasteiger partial charge is 0.508 e. The number of halogens is 2. The molecule has 0 saturated carbocycles. The summed E-state index contributed by atoms with van der Waals surface area (Å²) in [4.78, 5) is 204. The highest BCUT2D eigenvalue weighted by Crippen LogP contribution is 2.26. The second-order valence-corrected chi connectivity index (χ2v) is 28.3. The Morgan fingerprint density at radius 2 is 1.32 bits per heavy atom. The number of aliphatic imine (C=N–C) groups is 1. The number of guanidine groups is 1. The Morgan fingerprint density at radius 3 is 1.98 bits per heavy atom. The number of aromatic hydroxyl groups is 1. The molecule has 6 rings (SSSR count). The van der Waals surface area contributed by atoms with E-state index >= 15 is 9.18 Å². The second kappa shape index (κ2) is 41.3. The predicted octanol–water partition coefficient (Wildman–Crippen LogP) is -2.38. The number of H-pyrrole nitrogens is 1. The number of nitrogens with two attached hydrogens (primary N) is 5. The van der Waals surface area contributed by atoms with Gasteiger partial charge in [-0.15, -0.1) is 0 Å². The number of aromatic nitrogens is 1. The van der Waals surface area contributed by atoms with Gasteiger partial charge in [0.05, 0.1) is 5.02 Å². The van der Waals surface area contributed by atoms with Crippen molar-refractivity contribution in [3.63, 3.8) is 0 Å². The van der Waals surface area contributed by atoms with Crippen LogP contribution in [0.15, 0.2) is 77.9 Å². The number of hydrogen-bond donors (Lipinski definition) is 18. The Kier molecular flexibility index (Phi) is 32.9. The first kappa shape index (κ1) is 83.7. The van der Waals surface area contributed by atoms with Gasteiger partial charge in [0.2, 0.25) is 76.8 Å². The van der Waals surface area contributed by atoms with Crippen LogP contribution in [0.25, 0.3) is 10.9 Å². The SMILES string of the molecule is CC(C)[C@@H]1NC(=O)[C@@H](NC(=O)[C@H](Cc2ccc(O)cc2)NC(=O)[C@@H]2CCCN2C(=O)CCN)CSSC[C@H](C(N)=O)NC(=O)[C@H](CCC(=O)O)NC(=O)[C@H](Cc2c[nH]c3ccccc23)NC(=O)[C@H](CCC(N)=O)NC(=O)CCNC(=O)[C@H](CCCN=C(N)N)NC(=O)[C@H](Cc2cccc(Cl)c2F)NC1=O. The van der Waals surface area contributed by atoms with Crippen molar-refractivity contribution in [1.29, 1.82) is 0 Å². The lowest BCUT2D eigenvalue weighted by Gasteiger charge is -2.29. The summed E-state index contributed by atoms with van der Waals surface area (Å²) < 4.78 is 15.9. The summed E-state index contributed by atoms with van der Waals surface area (Å²) in [6.07, 6.45) is -2.03. The number of phenols is 1. The number of amides is 13. The molecule has 0 bridgehead atoms. The quantitative estimate of drug-likeness (QED) is 0.0151. The van der Waals surface area contributed by atoms with Gasteiger partial charge in [-0.1, -0.05) is 89.5 Å². The minimum absolute atomic E-state index is 0.00384. The lowest BCUT2D eigenvalue weighted by atomic mass is 9.99. The van der Waals surface area contributed by atoms with Gasteiger partial charge in [0.15, 0.2) is 5.96 Å². The summed E-state index contributed by atoms with van der Waals surface area (Å²) in [6, 6.07) is 0.606. The van der Waals surface area contributed by atoms with Crippen molar-refractivity contribution in [2.75, 3.05) is 37.7 Å². The van der Waals surface area contributed by atoms with Crippen LogP contribution < -0.4 is 81.8 Å². The summed E-state index contributed by atoms with van der Waals surface area (Å²) in [5.41, 5.74) is 29.4. The number of carbonyl (C=O) groups is 14. The highest BCUT2D eigenvalue weighted by molar-refractivity contribution is 8.76. The molecule has 1 aromatic heterocycles. The van der Waals surface area contributed by atoms with Crippen LogP contribution >= 0.6 is 33.2 Å². The molecule has 2 fully saturated rings. The number of likely N-dealkylation sites (tertiary alicyclic amines) is 1. The van der Waals surface area contributed by atoms with Crippen LogP contribution in [-0.4, -0.2) is 207 Å². The number of phenolic OH excluding ortho intramolecular Hbond substituents is 1. The number of nitrogens with one attached hydrogen (secondary N) is 11. The summed E-state index contributed by atoms with van der Waals surface area (Å²) >= 11 is 6.19. The van der Waals surface area contributed by atoms with Crippen molar-refractivity contribution >= 4 is 133 Å². The van der Waals surface area contributed by atoms with Crippen molar-refractivity contribution in [3.8, 4) is 5.75 Å². The zero-order valence-electron chi connectivity index (χ0n) is 57.7. The number of fused-ring (bicyclic) bond motifs is 1. The number of aliphatic carboxylic acids is 1. The smallest absolute Gasteiger partial charge is 0.303 e. The number of primary amides is 2. The standard InChI is InChI=1S/C67H90ClFN18O16S2/c1-34(2)56-66(103)83-46(29-36-8-5-10-40(68)55(36)69)62(99)79-42(12-6-25-76-67(73)74)58(95)75-26-23-52(90)78-43(18-20-51(71)89)59(96)81-47(30-37-31-77-41-11-4-3-9-39(37)41)63(100)80-44(19-21-54(92)93)60(97)84-48(57(72)94)32-104-105-33-49(64(101)86-56)85-61(98)45(28-35-14-16-38(88)17-15-35)82-65(102)50-13-7-27-87(50)53(91)22-24-70/h3-5,8-11,14-17,31,34,42-50,56,77,88H,6-7,12-13,18-30,32-33,70H2,1-2H3,(H2,71,89)(H2,72,94)(H,75,95)(H,78,90)(H,79,99)(H,80,100)(H,81,96)(H,82,102)(H,83,103)(H,84,97)(H,85,98)(H,86,101)(H,92,93)(H4,73,74,76)/t42-,43-,44-,45-,46-,47-,48+,49-,50-,56-/m0/s1. The molecule has 4 aromatic rings. The lowest BCUT2D eigenvalue weighted by molar-refractivity contribution is -0.139. The molecule has 2 aliphatic rings. The topological polar surface area (TPSA) is 561 Å². The van der Waals surface area contributed by atoms with Gasteiger partial charge >= 0.3 is 5.97 Å². The summed E-state index contributed by atoms with van der Waals surface area (Å²) in [6.45, 7) is 2.70. The number of benzene rings is 3. The van der Waals surface area contributed by atoms with Crippen LogP contribution in [0.3, 0.4) is 0 Å². The molecule has 3 heterocycles. The van der Waals surface area contributed by atoms with E-state index in [9.17, 15) is 72.5 Å². The van der Waals surface area contributed by atoms with Crippen LogP contribution in [0.1, 0.15) is 94.7 Å². The Bertz CT molecular complexity index is 3830. The first-order valence-electron chi connectivity index (χ1n) is 33.8. The maximum atomic E-state index is 15.9. The third kappa shape index (κ3) is 26.4. The van der Waals surface area contributed by atoms with Crippen molar-refractivity contribution in [2.24, 2.45) is 39.6 Å². The first-order valence-corrected chi connectivity index (χ1v) is 36.6. The summed E-state index contributed by atoms with van der Waals surface area (Å²) in [7, 11) is 1.64. The third-order valence-electron chi connectivity index (χ3n) is 17.0. The van der Waals surface area contributed by atoms with E-state index in [1.165, 1.54) is 61.2 Å². The van der Waals surface area contributed by atoms with Gasteiger partial charge in [0, 0.05) is 99.7 Å².